The third-order valence-electron chi connectivity index (χ3n) is 2.02. The third-order valence-corrected chi connectivity index (χ3v) is 2.02. The van der Waals surface area contributed by atoms with Crippen molar-refractivity contribution >= 4 is 0 Å². The lowest BCUT2D eigenvalue weighted by Crippen LogP contribution is -2.18. The van der Waals surface area contributed by atoms with Crippen LogP contribution < -0.4 is 0 Å². The van der Waals surface area contributed by atoms with E-state index < -0.39 is 0 Å². The van der Waals surface area contributed by atoms with Crippen molar-refractivity contribution in [2.24, 2.45) is 5.92 Å². The minimum atomic E-state index is 0.712. The summed E-state index contributed by atoms with van der Waals surface area (Å²) in [6.45, 7) is 6.14. The molecule has 0 radical (unpaired) electrons. The topological polar surface area (TPSA) is 18.5 Å². The highest BCUT2D eigenvalue weighted by atomic mass is 16.5. The monoisotopic (exact) mass is 156 g/mol. The maximum atomic E-state index is 5.33. The quantitative estimate of drug-likeness (QED) is 0.457. The van der Waals surface area contributed by atoms with E-state index in [0.29, 0.717) is 5.92 Å². The van der Waals surface area contributed by atoms with E-state index in [2.05, 4.69) is 6.58 Å². The van der Waals surface area contributed by atoms with Crippen LogP contribution in [0.2, 0.25) is 0 Å². The fourth-order valence-electron chi connectivity index (χ4n) is 1.35. The van der Waals surface area contributed by atoms with Gasteiger partial charge in [0.1, 0.15) is 0 Å². The molecule has 1 aliphatic rings. The Kier molecular flexibility index (Phi) is 4.06. The molecule has 1 unspecified atom stereocenters. The summed E-state index contributed by atoms with van der Waals surface area (Å²) in [6.07, 6.45) is 5.11. The smallest absolute Gasteiger partial charge is 0.0876 e. The van der Waals surface area contributed by atoms with E-state index in [1.54, 1.807) is 0 Å². The predicted molar refractivity (Wildman–Crippen MR) is 44.3 cm³/mol. The van der Waals surface area contributed by atoms with E-state index in [1.807, 2.05) is 0 Å². The predicted octanol–water partition coefficient (Wildman–Crippen LogP) is 1.96. The molecule has 0 spiro atoms. The first-order valence-corrected chi connectivity index (χ1v) is 4.23. The fourth-order valence-corrected chi connectivity index (χ4v) is 1.35. The lowest BCUT2D eigenvalue weighted by atomic mass is 9.99. The number of ether oxygens (including phenoxy) is 2. The van der Waals surface area contributed by atoms with Crippen LogP contribution in [0.1, 0.15) is 19.3 Å². The summed E-state index contributed by atoms with van der Waals surface area (Å²) in [7, 11) is 0. The zero-order valence-corrected chi connectivity index (χ0v) is 6.92. The molecular formula is C9H16O2. The zero-order valence-electron chi connectivity index (χ0n) is 6.92. The Labute approximate surface area is 68.2 Å². The van der Waals surface area contributed by atoms with Gasteiger partial charge in [0, 0.05) is 13.2 Å². The van der Waals surface area contributed by atoms with Crippen LogP contribution in [0.5, 0.6) is 0 Å². The maximum Gasteiger partial charge on any atom is 0.0876 e. The first-order chi connectivity index (χ1) is 5.43. The highest BCUT2D eigenvalue weighted by Gasteiger charge is 2.12. The van der Waals surface area contributed by atoms with Gasteiger partial charge in [0.05, 0.1) is 12.9 Å². The van der Waals surface area contributed by atoms with Crippen LogP contribution in [0.15, 0.2) is 12.8 Å². The molecular weight excluding hydrogens is 140 g/mol. The summed E-state index contributed by atoms with van der Waals surface area (Å²) in [5, 5.41) is 0. The number of rotatable bonds is 4. The molecule has 0 saturated carbocycles. The minimum Gasteiger partial charge on any atom is -0.502 e. The van der Waals surface area contributed by atoms with E-state index in [-0.39, 0.29) is 0 Å². The van der Waals surface area contributed by atoms with Gasteiger partial charge in [-0.05, 0) is 25.2 Å². The molecule has 0 N–H and O–H groups in total. The fraction of sp³-hybridized carbons (Fsp3) is 0.778. The van der Waals surface area contributed by atoms with Crippen molar-refractivity contribution in [1.82, 2.24) is 0 Å². The Bertz CT molecular complexity index is 106. The molecule has 0 aliphatic carbocycles. The van der Waals surface area contributed by atoms with Crippen molar-refractivity contribution in [2.45, 2.75) is 19.3 Å². The standard InChI is InChI=1S/C9H16O2/c1-2-10-7-5-9-4-3-6-11-8-9/h2,9H,1,3-8H2. The Hall–Kier alpha value is -0.500. The molecule has 1 rings (SSSR count). The second-order valence-corrected chi connectivity index (χ2v) is 2.91. The second kappa shape index (κ2) is 5.19. The van der Waals surface area contributed by atoms with E-state index in [4.69, 9.17) is 9.47 Å². The summed E-state index contributed by atoms with van der Waals surface area (Å²) in [4.78, 5) is 0. The van der Waals surface area contributed by atoms with Crippen molar-refractivity contribution in [3.8, 4) is 0 Å². The molecule has 1 aliphatic heterocycles. The van der Waals surface area contributed by atoms with Crippen LogP contribution in [0.3, 0.4) is 0 Å². The van der Waals surface area contributed by atoms with Gasteiger partial charge < -0.3 is 9.47 Å². The molecule has 0 amide bonds. The molecule has 64 valence electrons. The van der Waals surface area contributed by atoms with Crippen LogP contribution in [-0.4, -0.2) is 19.8 Å². The van der Waals surface area contributed by atoms with Gasteiger partial charge in [-0.1, -0.05) is 6.58 Å². The highest BCUT2D eigenvalue weighted by Crippen LogP contribution is 2.16. The van der Waals surface area contributed by atoms with Gasteiger partial charge in [-0.3, -0.25) is 0 Å². The Morgan fingerprint density at radius 1 is 1.64 bits per heavy atom. The first kappa shape index (κ1) is 8.60. The second-order valence-electron chi connectivity index (χ2n) is 2.91. The molecule has 0 aromatic heterocycles. The molecule has 1 saturated heterocycles. The van der Waals surface area contributed by atoms with E-state index in [1.165, 1.54) is 19.1 Å². The molecule has 1 heterocycles. The van der Waals surface area contributed by atoms with Gasteiger partial charge in [0.25, 0.3) is 0 Å². The first-order valence-electron chi connectivity index (χ1n) is 4.23. The van der Waals surface area contributed by atoms with Crippen molar-refractivity contribution < 1.29 is 9.47 Å². The zero-order chi connectivity index (χ0) is 7.94. The summed E-state index contributed by atoms with van der Waals surface area (Å²) in [5.74, 6) is 0.712. The van der Waals surface area contributed by atoms with Crippen molar-refractivity contribution in [1.29, 1.82) is 0 Å². The summed E-state index contributed by atoms with van der Waals surface area (Å²) >= 11 is 0. The molecule has 2 nitrogen and oxygen atoms in total. The molecule has 2 heteroatoms. The molecule has 1 atom stereocenters. The Balaban J connectivity index is 2.00. The lowest BCUT2D eigenvalue weighted by molar-refractivity contribution is 0.0435. The molecule has 0 aromatic carbocycles. The van der Waals surface area contributed by atoms with Crippen LogP contribution in [0.25, 0.3) is 0 Å². The largest absolute Gasteiger partial charge is 0.502 e. The Morgan fingerprint density at radius 2 is 2.55 bits per heavy atom. The number of hydrogen-bond acceptors (Lipinski definition) is 2. The van der Waals surface area contributed by atoms with Crippen molar-refractivity contribution in [3.63, 3.8) is 0 Å². The Morgan fingerprint density at radius 3 is 3.18 bits per heavy atom. The van der Waals surface area contributed by atoms with Crippen molar-refractivity contribution in [2.75, 3.05) is 19.8 Å². The average molecular weight is 156 g/mol. The van der Waals surface area contributed by atoms with Crippen LogP contribution >= 0.6 is 0 Å². The maximum absolute atomic E-state index is 5.33. The molecule has 0 aromatic rings. The van der Waals surface area contributed by atoms with E-state index in [9.17, 15) is 0 Å². The third kappa shape index (κ3) is 3.42. The van der Waals surface area contributed by atoms with Gasteiger partial charge in [0.15, 0.2) is 0 Å². The van der Waals surface area contributed by atoms with Gasteiger partial charge in [-0.2, -0.15) is 0 Å². The minimum absolute atomic E-state index is 0.712. The number of hydrogen-bond donors (Lipinski definition) is 0. The average Bonchev–Trinajstić information content (AvgIpc) is 2.07. The SMILES string of the molecule is C=COCCC1CCCOC1. The summed E-state index contributed by atoms with van der Waals surface area (Å²) < 4.78 is 10.4. The normalized spacial score (nSPS) is 24.5. The van der Waals surface area contributed by atoms with Crippen LogP contribution in [0.4, 0.5) is 0 Å². The van der Waals surface area contributed by atoms with Gasteiger partial charge >= 0.3 is 0 Å². The van der Waals surface area contributed by atoms with Gasteiger partial charge in [-0.15, -0.1) is 0 Å². The van der Waals surface area contributed by atoms with E-state index in [0.717, 1.165) is 26.2 Å². The van der Waals surface area contributed by atoms with Crippen molar-refractivity contribution in [3.05, 3.63) is 12.8 Å². The van der Waals surface area contributed by atoms with Crippen LogP contribution in [0, 0.1) is 5.92 Å². The lowest BCUT2D eigenvalue weighted by Gasteiger charge is -2.21. The van der Waals surface area contributed by atoms with Crippen LogP contribution in [-0.2, 0) is 9.47 Å². The summed E-state index contributed by atoms with van der Waals surface area (Å²) in [6, 6.07) is 0. The van der Waals surface area contributed by atoms with Gasteiger partial charge in [-0.25, -0.2) is 0 Å². The van der Waals surface area contributed by atoms with Gasteiger partial charge in [0.2, 0.25) is 0 Å². The molecule has 11 heavy (non-hydrogen) atoms. The molecule has 1 fully saturated rings. The highest BCUT2D eigenvalue weighted by molar-refractivity contribution is 4.63. The van der Waals surface area contributed by atoms with E-state index >= 15 is 0 Å². The summed E-state index contributed by atoms with van der Waals surface area (Å²) in [5.41, 5.74) is 0. The molecule has 0 bridgehead atoms.